The van der Waals surface area contributed by atoms with E-state index in [1.807, 2.05) is 12.1 Å². The molecule has 2 aliphatic rings. The molecule has 1 fully saturated rings. The number of nitrogens with two attached hydrogens (primary N) is 1. The van der Waals surface area contributed by atoms with Crippen LogP contribution in [0.5, 0.6) is 0 Å². The average Bonchev–Trinajstić information content (AvgIpc) is 2.82. The number of alkyl halides is 3. The van der Waals surface area contributed by atoms with E-state index in [-0.39, 0.29) is 42.6 Å². The van der Waals surface area contributed by atoms with Gasteiger partial charge in [0.25, 0.3) is 0 Å². The fourth-order valence-electron chi connectivity index (χ4n) is 4.76. The van der Waals surface area contributed by atoms with Crippen molar-refractivity contribution in [2.24, 2.45) is 5.92 Å². The van der Waals surface area contributed by atoms with Crippen molar-refractivity contribution >= 4 is 45.5 Å². The molecule has 1 saturated heterocycles. The molecule has 1 aromatic heterocycles. The quantitative estimate of drug-likeness (QED) is 0.559. The van der Waals surface area contributed by atoms with Crippen molar-refractivity contribution < 1.29 is 18.0 Å². The maximum Gasteiger partial charge on any atom is 0.432 e. The number of halogens is 4. The molecule has 0 radical (unpaired) electrons. The van der Waals surface area contributed by atoms with E-state index in [0.717, 1.165) is 16.6 Å². The summed E-state index contributed by atoms with van der Waals surface area (Å²) in [6.07, 6.45) is -1.89. The molecule has 1 amide bonds. The SMILES string of the molecule is CNC1=C(C(=N)C(F)(F)F)CCN(C(=O)C2CCN(c3c(N)cnc4ccc(Cl)cc34)CC2)C1. The highest BCUT2D eigenvalue weighted by molar-refractivity contribution is 6.31. The first-order valence-electron chi connectivity index (χ1n) is 11.0. The van der Waals surface area contributed by atoms with Gasteiger partial charge < -0.3 is 20.9 Å². The second-order valence-corrected chi connectivity index (χ2v) is 9.01. The number of nitrogens with one attached hydrogen (secondary N) is 2. The predicted octanol–water partition coefficient (Wildman–Crippen LogP) is 3.97. The fourth-order valence-corrected chi connectivity index (χ4v) is 4.93. The molecule has 0 atom stereocenters. The van der Waals surface area contributed by atoms with Gasteiger partial charge in [-0.25, -0.2) is 0 Å². The standard InChI is InChI=1S/C23H26ClF3N6O/c1-30-19-12-33(9-6-15(19)21(29)23(25,26)27)22(34)13-4-7-32(8-5-13)20-16-10-14(24)2-3-18(16)31-11-17(20)28/h2-3,10-11,13,29-30H,4-9,12,28H2,1H3. The molecule has 4 rings (SSSR count). The molecule has 11 heteroatoms. The Balaban J connectivity index is 1.46. The van der Waals surface area contributed by atoms with Gasteiger partial charge in [-0.15, -0.1) is 0 Å². The van der Waals surface area contributed by atoms with Crippen molar-refractivity contribution in [3.05, 3.63) is 40.7 Å². The van der Waals surface area contributed by atoms with Crippen LogP contribution in [0.4, 0.5) is 24.5 Å². The predicted molar refractivity (Wildman–Crippen MR) is 127 cm³/mol. The highest BCUT2D eigenvalue weighted by atomic mass is 35.5. The lowest BCUT2D eigenvalue weighted by Crippen LogP contribution is -2.47. The molecule has 3 heterocycles. The Morgan fingerprint density at radius 2 is 1.97 bits per heavy atom. The summed E-state index contributed by atoms with van der Waals surface area (Å²) < 4.78 is 39.1. The smallest absolute Gasteiger partial charge is 0.396 e. The van der Waals surface area contributed by atoms with E-state index in [4.69, 9.17) is 22.7 Å². The van der Waals surface area contributed by atoms with Crippen LogP contribution < -0.4 is 16.0 Å². The number of pyridine rings is 1. The number of likely N-dealkylation sites (N-methyl/N-ethyl adjacent to an activating group) is 1. The topological polar surface area (TPSA) is 98.3 Å². The van der Waals surface area contributed by atoms with Crippen LogP contribution in [-0.4, -0.2) is 60.9 Å². The molecular formula is C23H26ClF3N6O. The van der Waals surface area contributed by atoms with Gasteiger partial charge in [-0.05, 0) is 37.5 Å². The molecule has 4 N–H and O–H groups in total. The Morgan fingerprint density at radius 1 is 1.26 bits per heavy atom. The lowest BCUT2D eigenvalue weighted by atomic mass is 9.92. The lowest BCUT2D eigenvalue weighted by Gasteiger charge is -2.38. The summed E-state index contributed by atoms with van der Waals surface area (Å²) in [5.74, 6) is -0.295. The van der Waals surface area contributed by atoms with E-state index in [1.54, 1.807) is 17.2 Å². The van der Waals surface area contributed by atoms with Gasteiger partial charge in [0.15, 0.2) is 0 Å². The highest BCUT2D eigenvalue weighted by Crippen LogP contribution is 2.36. The molecule has 7 nitrogen and oxygen atoms in total. The van der Waals surface area contributed by atoms with Crippen molar-refractivity contribution in [1.29, 1.82) is 5.41 Å². The molecule has 182 valence electrons. The molecule has 1 aromatic carbocycles. The Bertz CT molecular complexity index is 1150. The van der Waals surface area contributed by atoms with Gasteiger partial charge in [0.1, 0.15) is 5.71 Å². The number of rotatable bonds is 4. The maximum atomic E-state index is 13.2. The zero-order valence-corrected chi connectivity index (χ0v) is 19.4. The van der Waals surface area contributed by atoms with Crippen LogP contribution in [0.25, 0.3) is 10.9 Å². The number of amides is 1. The zero-order chi connectivity index (χ0) is 24.6. The molecule has 0 saturated carbocycles. The summed E-state index contributed by atoms with van der Waals surface area (Å²) in [5.41, 5.74) is 7.27. The Kier molecular flexibility index (Phi) is 6.62. The van der Waals surface area contributed by atoms with Gasteiger partial charge in [-0.1, -0.05) is 11.6 Å². The number of piperidine rings is 1. The summed E-state index contributed by atoms with van der Waals surface area (Å²) in [5, 5.41) is 11.7. The number of nitrogens with zero attached hydrogens (tertiary/aromatic N) is 3. The summed E-state index contributed by atoms with van der Waals surface area (Å²) in [7, 11) is 1.52. The molecule has 0 unspecified atom stereocenters. The normalized spacial score (nSPS) is 17.9. The molecule has 0 aliphatic carbocycles. The van der Waals surface area contributed by atoms with E-state index in [0.29, 0.717) is 36.6 Å². The van der Waals surface area contributed by atoms with E-state index >= 15 is 0 Å². The maximum absolute atomic E-state index is 13.2. The Hall–Kier alpha value is -3.01. The number of anilines is 2. The molecule has 0 spiro atoms. The minimum Gasteiger partial charge on any atom is -0.396 e. The van der Waals surface area contributed by atoms with Crippen LogP contribution in [-0.2, 0) is 4.79 Å². The third kappa shape index (κ3) is 4.64. The van der Waals surface area contributed by atoms with Crippen LogP contribution in [0.1, 0.15) is 19.3 Å². The van der Waals surface area contributed by atoms with Gasteiger partial charge in [0.2, 0.25) is 5.91 Å². The van der Waals surface area contributed by atoms with Crippen molar-refractivity contribution in [1.82, 2.24) is 15.2 Å². The van der Waals surface area contributed by atoms with Crippen LogP contribution in [0.3, 0.4) is 0 Å². The number of fused-ring (bicyclic) bond motifs is 1. The Morgan fingerprint density at radius 3 is 2.62 bits per heavy atom. The Labute approximate surface area is 200 Å². The van der Waals surface area contributed by atoms with Gasteiger partial charge >= 0.3 is 6.18 Å². The summed E-state index contributed by atoms with van der Waals surface area (Å²) in [6.45, 7) is 1.43. The third-order valence-corrected chi connectivity index (χ3v) is 6.77. The summed E-state index contributed by atoms with van der Waals surface area (Å²) in [4.78, 5) is 21.3. The number of aromatic nitrogens is 1. The number of carbonyl (C=O) groups is 1. The van der Waals surface area contributed by atoms with Crippen molar-refractivity contribution in [3.8, 4) is 0 Å². The van der Waals surface area contributed by atoms with Crippen LogP contribution in [0, 0.1) is 11.3 Å². The van der Waals surface area contributed by atoms with Crippen LogP contribution >= 0.6 is 11.6 Å². The zero-order valence-electron chi connectivity index (χ0n) is 18.7. The molecule has 0 bridgehead atoms. The third-order valence-electron chi connectivity index (χ3n) is 6.53. The average molecular weight is 495 g/mol. The fraction of sp³-hybridized carbons (Fsp3) is 0.435. The molecular weight excluding hydrogens is 469 g/mol. The summed E-state index contributed by atoms with van der Waals surface area (Å²) in [6, 6.07) is 5.45. The van der Waals surface area contributed by atoms with E-state index < -0.39 is 11.9 Å². The van der Waals surface area contributed by atoms with E-state index in [2.05, 4.69) is 15.2 Å². The van der Waals surface area contributed by atoms with Gasteiger partial charge in [-0.3, -0.25) is 15.2 Å². The van der Waals surface area contributed by atoms with E-state index in [9.17, 15) is 18.0 Å². The van der Waals surface area contributed by atoms with Crippen molar-refractivity contribution in [3.63, 3.8) is 0 Å². The number of carbonyl (C=O) groups excluding carboxylic acids is 1. The minimum atomic E-state index is -4.71. The van der Waals surface area contributed by atoms with Gasteiger partial charge in [-0.2, -0.15) is 13.2 Å². The minimum absolute atomic E-state index is 0.000596. The molecule has 2 aromatic rings. The molecule has 2 aliphatic heterocycles. The largest absolute Gasteiger partial charge is 0.432 e. The van der Waals surface area contributed by atoms with Crippen molar-refractivity contribution in [2.75, 3.05) is 43.9 Å². The monoisotopic (exact) mass is 494 g/mol. The first kappa shape index (κ1) is 24.1. The van der Waals surface area contributed by atoms with Gasteiger partial charge in [0, 0.05) is 54.3 Å². The first-order chi connectivity index (χ1) is 16.1. The first-order valence-corrected chi connectivity index (χ1v) is 11.4. The second kappa shape index (κ2) is 9.32. The number of hydrogen-bond donors (Lipinski definition) is 3. The highest BCUT2D eigenvalue weighted by Gasteiger charge is 2.40. The second-order valence-electron chi connectivity index (χ2n) is 8.57. The lowest BCUT2D eigenvalue weighted by molar-refractivity contribution is -0.136. The number of nitrogen functional groups attached to an aromatic ring is 1. The number of benzene rings is 1. The van der Waals surface area contributed by atoms with E-state index in [1.165, 1.54) is 7.05 Å². The molecule has 34 heavy (non-hydrogen) atoms. The summed E-state index contributed by atoms with van der Waals surface area (Å²) >= 11 is 6.19. The van der Waals surface area contributed by atoms with Crippen LogP contribution in [0.2, 0.25) is 5.02 Å². The van der Waals surface area contributed by atoms with Crippen molar-refractivity contribution in [2.45, 2.75) is 25.4 Å². The number of hydrogen-bond acceptors (Lipinski definition) is 6. The van der Waals surface area contributed by atoms with Crippen LogP contribution in [0.15, 0.2) is 35.7 Å². The van der Waals surface area contributed by atoms with Gasteiger partial charge in [0.05, 0.1) is 29.6 Å².